The molecule has 0 saturated heterocycles. The van der Waals surface area contributed by atoms with Crippen molar-refractivity contribution in [3.63, 3.8) is 0 Å². The average molecular weight is 387 g/mol. The van der Waals surface area contributed by atoms with Crippen LogP contribution in [-0.2, 0) is 0 Å². The highest BCUT2D eigenvalue weighted by molar-refractivity contribution is 7.78. The number of hydrogen-bond donors (Lipinski definition) is 0. The molecule has 1 aliphatic carbocycles. The van der Waals surface area contributed by atoms with Crippen LogP contribution in [0.2, 0.25) is 0 Å². The van der Waals surface area contributed by atoms with Crippen LogP contribution in [0.1, 0.15) is 35.4 Å². The van der Waals surface area contributed by atoms with Crippen LogP contribution >= 0.6 is 12.2 Å². The Labute approximate surface area is 167 Å². The summed E-state index contributed by atoms with van der Waals surface area (Å²) < 4.78 is 28.3. The molecule has 0 N–H and O–H groups in total. The zero-order valence-electron chi connectivity index (χ0n) is 14.9. The molecule has 1 aliphatic rings. The summed E-state index contributed by atoms with van der Waals surface area (Å²) in [4.78, 5) is 3.52. The average Bonchev–Trinajstić information content (AvgIpc) is 3.55. The van der Waals surface area contributed by atoms with Crippen molar-refractivity contribution >= 4 is 23.1 Å². The SMILES string of the molecule is Fc1cc(-c2ccc(C#Cc3ccc(C4CC4)cc3)cc2)c(F)cc1N=C=S. The van der Waals surface area contributed by atoms with E-state index in [0.29, 0.717) is 5.56 Å². The van der Waals surface area contributed by atoms with Gasteiger partial charge in [0.05, 0.1) is 5.16 Å². The van der Waals surface area contributed by atoms with E-state index in [0.717, 1.165) is 29.2 Å². The van der Waals surface area contributed by atoms with Crippen LogP contribution in [0.15, 0.2) is 65.7 Å². The standard InChI is InChI=1S/C24H15F2NS/c25-22-14-24(27-15-28)23(26)13-21(22)20-9-5-17(6-10-20)2-1-16-3-7-18(8-4-16)19-11-12-19/h3-10,13-14,19H,11-12H2. The Morgan fingerprint density at radius 3 is 2.00 bits per heavy atom. The maximum atomic E-state index is 14.3. The van der Waals surface area contributed by atoms with Gasteiger partial charge < -0.3 is 0 Å². The molecule has 1 saturated carbocycles. The van der Waals surface area contributed by atoms with Crippen LogP contribution in [0.4, 0.5) is 14.5 Å². The van der Waals surface area contributed by atoms with Crippen LogP contribution in [-0.4, -0.2) is 5.16 Å². The van der Waals surface area contributed by atoms with Crippen molar-refractivity contribution < 1.29 is 8.78 Å². The maximum Gasteiger partial charge on any atom is 0.150 e. The van der Waals surface area contributed by atoms with Gasteiger partial charge in [0.2, 0.25) is 0 Å². The minimum absolute atomic E-state index is 0.161. The highest BCUT2D eigenvalue weighted by Crippen LogP contribution is 2.39. The second-order valence-corrected chi connectivity index (χ2v) is 6.89. The zero-order chi connectivity index (χ0) is 19.5. The number of hydrogen-bond acceptors (Lipinski definition) is 2. The molecule has 0 aromatic heterocycles. The van der Waals surface area contributed by atoms with Gasteiger partial charge >= 0.3 is 0 Å². The van der Waals surface area contributed by atoms with Gasteiger partial charge in [0.1, 0.15) is 17.3 Å². The van der Waals surface area contributed by atoms with Crippen LogP contribution in [0.25, 0.3) is 11.1 Å². The summed E-state index contributed by atoms with van der Waals surface area (Å²) in [7, 11) is 0. The molecule has 4 rings (SSSR count). The van der Waals surface area contributed by atoms with Gasteiger partial charge in [-0.2, -0.15) is 4.99 Å². The number of thiocarbonyl (C=S) groups is 1. The Balaban J connectivity index is 1.54. The molecule has 0 radical (unpaired) electrons. The lowest BCUT2D eigenvalue weighted by Crippen LogP contribution is -1.88. The molecular weight excluding hydrogens is 372 g/mol. The summed E-state index contributed by atoms with van der Waals surface area (Å²) in [6, 6.07) is 17.5. The number of isothiocyanates is 1. The lowest BCUT2D eigenvalue weighted by atomic mass is 10.0. The van der Waals surface area contributed by atoms with Gasteiger partial charge in [0.25, 0.3) is 0 Å². The van der Waals surface area contributed by atoms with Gasteiger partial charge in [-0.25, -0.2) is 8.78 Å². The third kappa shape index (κ3) is 4.07. The predicted molar refractivity (Wildman–Crippen MR) is 111 cm³/mol. The van der Waals surface area contributed by atoms with E-state index in [9.17, 15) is 8.78 Å². The molecule has 0 heterocycles. The van der Waals surface area contributed by atoms with Crippen molar-refractivity contribution in [1.29, 1.82) is 0 Å². The van der Waals surface area contributed by atoms with E-state index in [1.165, 1.54) is 18.4 Å². The fourth-order valence-electron chi connectivity index (χ4n) is 3.03. The first kappa shape index (κ1) is 18.3. The lowest BCUT2D eigenvalue weighted by molar-refractivity contribution is 0.605. The maximum absolute atomic E-state index is 14.3. The molecule has 3 aromatic rings. The molecule has 0 bridgehead atoms. The number of nitrogens with zero attached hydrogens (tertiary/aromatic N) is 1. The Hall–Kier alpha value is -3.12. The molecule has 4 heteroatoms. The predicted octanol–water partition coefficient (Wildman–Crippen LogP) is 6.64. The van der Waals surface area contributed by atoms with Crippen molar-refractivity contribution in [2.45, 2.75) is 18.8 Å². The Bertz CT molecular complexity index is 1130. The van der Waals surface area contributed by atoms with Gasteiger partial charge in [-0.1, -0.05) is 36.1 Å². The first-order valence-corrected chi connectivity index (χ1v) is 9.34. The summed E-state index contributed by atoms with van der Waals surface area (Å²) in [5.74, 6) is 5.75. The van der Waals surface area contributed by atoms with E-state index in [-0.39, 0.29) is 11.3 Å². The first-order chi connectivity index (χ1) is 13.6. The molecular formula is C24H15F2NS. The van der Waals surface area contributed by atoms with Crippen LogP contribution < -0.4 is 0 Å². The highest BCUT2D eigenvalue weighted by Gasteiger charge is 2.22. The molecule has 28 heavy (non-hydrogen) atoms. The minimum atomic E-state index is -0.646. The molecule has 136 valence electrons. The van der Waals surface area contributed by atoms with E-state index in [4.69, 9.17) is 0 Å². The molecule has 1 nitrogen and oxygen atoms in total. The fraction of sp³-hybridized carbons (Fsp3) is 0.125. The lowest BCUT2D eigenvalue weighted by Gasteiger charge is -2.05. The quantitative estimate of drug-likeness (QED) is 0.279. The molecule has 0 amide bonds. The van der Waals surface area contributed by atoms with Crippen molar-refractivity contribution in [1.82, 2.24) is 0 Å². The van der Waals surface area contributed by atoms with E-state index in [2.05, 4.69) is 41.2 Å². The van der Waals surface area contributed by atoms with Crippen LogP contribution in [0, 0.1) is 23.5 Å². The van der Waals surface area contributed by atoms with Crippen molar-refractivity contribution in [2.24, 2.45) is 4.99 Å². The Morgan fingerprint density at radius 2 is 1.43 bits per heavy atom. The monoisotopic (exact) mass is 387 g/mol. The molecule has 1 fully saturated rings. The second kappa shape index (κ2) is 7.86. The van der Waals surface area contributed by atoms with Gasteiger partial charge in [-0.05, 0) is 72.4 Å². The number of halogens is 2. The first-order valence-electron chi connectivity index (χ1n) is 8.93. The van der Waals surface area contributed by atoms with Gasteiger partial charge in [0.15, 0.2) is 0 Å². The minimum Gasteiger partial charge on any atom is -0.206 e. The number of benzene rings is 3. The second-order valence-electron chi connectivity index (χ2n) is 6.71. The smallest absolute Gasteiger partial charge is 0.150 e. The largest absolute Gasteiger partial charge is 0.206 e. The highest BCUT2D eigenvalue weighted by atomic mass is 32.1. The summed E-state index contributed by atoms with van der Waals surface area (Å²) in [6.45, 7) is 0. The van der Waals surface area contributed by atoms with Crippen molar-refractivity contribution in [2.75, 3.05) is 0 Å². The molecule has 0 spiro atoms. The van der Waals surface area contributed by atoms with Crippen LogP contribution in [0.5, 0.6) is 0 Å². The van der Waals surface area contributed by atoms with Gasteiger partial charge in [-0.3, -0.25) is 0 Å². The Kier molecular flexibility index (Phi) is 5.12. The van der Waals surface area contributed by atoms with Crippen molar-refractivity contribution in [3.8, 4) is 23.0 Å². The van der Waals surface area contributed by atoms with E-state index in [1.807, 2.05) is 17.3 Å². The van der Waals surface area contributed by atoms with E-state index in [1.54, 1.807) is 24.3 Å². The summed E-state index contributed by atoms with van der Waals surface area (Å²) in [5.41, 5.74) is 3.71. The van der Waals surface area contributed by atoms with E-state index >= 15 is 0 Å². The normalized spacial score (nSPS) is 12.6. The summed E-state index contributed by atoms with van der Waals surface area (Å²) in [6.07, 6.45) is 2.56. The van der Waals surface area contributed by atoms with Gasteiger partial charge in [0, 0.05) is 22.8 Å². The van der Waals surface area contributed by atoms with Crippen LogP contribution in [0.3, 0.4) is 0 Å². The topological polar surface area (TPSA) is 12.4 Å². The molecule has 3 aromatic carbocycles. The molecule has 0 atom stereocenters. The molecule has 0 unspecified atom stereocenters. The summed E-state index contributed by atoms with van der Waals surface area (Å²) >= 11 is 4.44. The zero-order valence-corrected chi connectivity index (χ0v) is 15.7. The van der Waals surface area contributed by atoms with Crippen molar-refractivity contribution in [3.05, 3.63) is 89.0 Å². The third-order valence-corrected chi connectivity index (χ3v) is 4.80. The van der Waals surface area contributed by atoms with Gasteiger partial charge in [-0.15, -0.1) is 0 Å². The molecule has 0 aliphatic heterocycles. The number of rotatable bonds is 3. The fourth-order valence-corrected chi connectivity index (χ4v) is 3.12. The Morgan fingerprint density at radius 1 is 0.821 bits per heavy atom. The third-order valence-electron chi connectivity index (χ3n) is 4.71. The van der Waals surface area contributed by atoms with E-state index < -0.39 is 11.6 Å². The number of aliphatic imine (C=N–C) groups is 1. The summed E-state index contributed by atoms with van der Waals surface area (Å²) in [5, 5.41) is 2.04.